The summed E-state index contributed by atoms with van der Waals surface area (Å²) in [6.45, 7) is 2.40. The minimum Gasteiger partial charge on any atom is -0.462 e. The van der Waals surface area contributed by atoms with E-state index in [9.17, 15) is 4.79 Å². The van der Waals surface area contributed by atoms with Crippen LogP contribution in [-0.4, -0.2) is 12.1 Å². The SMILES string of the molecule is C[C@@H]1CC[C@H]2[C@@H]1[C@@H]1[C@H]3C[C@H]4OC(=O)[C@]12[C@H]4C3. The molecule has 0 radical (unpaired) electrons. The molecule has 1 saturated heterocycles. The molecule has 0 aromatic carbocycles. The molecule has 0 N–H and O–H groups in total. The molecular weight excluding hydrogens is 200 g/mol. The van der Waals surface area contributed by atoms with Crippen molar-refractivity contribution >= 4 is 5.97 Å². The summed E-state index contributed by atoms with van der Waals surface area (Å²) in [6.07, 6.45) is 5.48. The fraction of sp³-hybridized carbons (Fsp3) is 0.929. The lowest BCUT2D eigenvalue weighted by Gasteiger charge is -2.57. The molecule has 1 aliphatic heterocycles. The zero-order valence-corrected chi connectivity index (χ0v) is 9.69. The summed E-state index contributed by atoms with van der Waals surface area (Å²) in [5, 5.41) is 0. The van der Waals surface area contributed by atoms with Crippen molar-refractivity contribution in [1.82, 2.24) is 0 Å². The first-order valence-electron chi connectivity index (χ1n) is 6.95. The van der Waals surface area contributed by atoms with Gasteiger partial charge in [0.05, 0.1) is 5.41 Å². The highest BCUT2D eigenvalue weighted by Gasteiger charge is 2.83. The maximum Gasteiger partial charge on any atom is 0.313 e. The Labute approximate surface area is 95.7 Å². The Hall–Kier alpha value is -0.530. The van der Waals surface area contributed by atoms with E-state index in [2.05, 4.69) is 6.92 Å². The minimum absolute atomic E-state index is 0.0447. The molecule has 8 atom stereocenters. The molecule has 16 heavy (non-hydrogen) atoms. The number of carbonyl (C=O) groups excluding carboxylic acids is 1. The molecule has 0 aromatic heterocycles. The number of esters is 1. The summed E-state index contributed by atoms with van der Waals surface area (Å²) in [6, 6.07) is 0. The third kappa shape index (κ3) is 0.573. The van der Waals surface area contributed by atoms with Crippen molar-refractivity contribution in [1.29, 1.82) is 0 Å². The van der Waals surface area contributed by atoms with Gasteiger partial charge in [0.25, 0.3) is 0 Å². The molecule has 5 aliphatic rings. The molecule has 5 rings (SSSR count). The van der Waals surface area contributed by atoms with Crippen LogP contribution in [0.2, 0.25) is 0 Å². The van der Waals surface area contributed by atoms with E-state index in [1.165, 1.54) is 25.7 Å². The van der Waals surface area contributed by atoms with Crippen molar-refractivity contribution < 1.29 is 9.53 Å². The fourth-order valence-electron chi connectivity index (χ4n) is 6.70. The molecule has 2 heteroatoms. The van der Waals surface area contributed by atoms with E-state index in [4.69, 9.17) is 4.74 Å². The lowest BCUT2D eigenvalue weighted by molar-refractivity contribution is -0.174. The van der Waals surface area contributed by atoms with Gasteiger partial charge >= 0.3 is 5.97 Å². The Morgan fingerprint density at radius 1 is 1.25 bits per heavy atom. The largest absolute Gasteiger partial charge is 0.462 e. The quantitative estimate of drug-likeness (QED) is 0.583. The molecular formula is C14H18O2. The van der Waals surface area contributed by atoms with E-state index in [1.54, 1.807) is 0 Å². The van der Waals surface area contributed by atoms with Gasteiger partial charge in [0.15, 0.2) is 0 Å². The van der Waals surface area contributed by atoms with Crippen molar-refractivity contribution in [3.8, 4) is 0 Å². The Kier molecular flexibility index (Phi) is 1.18. The molecule has 4 saturated carbocycles. The van der Waals surface area contributed by atoms with Gasteiger partial charge in [-0.1, -0.05) is 13.3 Å². The van der Waals surface area contributed by atoms with Gasteiger partial charge in [-0.25, -0.2) is 0 Å². The Balaban J connectivity index is 1.70. The highest BCUT2D eigenvalue weighted by Crippen LogP contribution is 2.80. The first-order valence-corrected chi connectivity index (χ1v) is 6.95. The van der Waals surface area contributed by atoms with Crippen LogP contribution in [0.15, 0.2) is 0 Å². The van der Waals surface area contributed by atoms with E-state index >= 15 is 0 Å². The van der Waals surface area contributed by atoms with Gasteiger partial charge in [-0.2, -0.15) is 0 Å². The molecule has 0 unspecified atom stereocenters. The van der Waals surface area contributed by atoms with E-state index < -0.39 is 0 Å². The van der Waals surface area contributed by atoms with Gasteiger partial charge in [0, 0.05) is 5.92 Å². The summed E-state index contributed by atoms with van der Waals surface area (Å²) < 4.78 is 5.67. The van der Waals surface area contributed by atoms with Crippen LogP contribution in [0.5, 0.6) is 0 Å². The van der Waals surface area contributed by atoms with Gasteiger partial charge in [0.1, 0.15) is 6.10 Å². The van der Waals surface area contributed by atoms with Crippen LogP contribution in [-0.2, 0) is 9.53 Å². The Bertz CT molecular complexity index is 404. The van der Waals surface area contributed by atoms with Crippen LogP contribution in [0.4, 0.5) is 0 Å². The predicted octanol–water partition coefficient (Wildman–Crippen LogP) is 2.23. The zero-order chi connectivity index (χ0) is 10.7. The van der Waals surface area contributed by atoms with Crippen LogP contribution in [0.1, 0.15) is 32.6 Å². The number of hydrogen-bond acceptors (Lipinski definition) is 2. The molecule has 1 spiro atoms. The van der Waals surface area contributed by atoms with Crippen LogP contribution >= 0.6 is 0 Å². The highest BCUT2D eigenvalue weighted by molar-refractivity contribution is 5.84. The van der Waals surface area contributed by atoms with Crippen LogP contribution < -0.4 is 0 Å². The predicted molar refractivity (Wildman–Crippen MR) is 57.4 cm³/mol. The lowest BCUT2D eigenvalue weighted by atomic mass is 9.43. The monoisotopic (exact) mass is 218 g/mol. The number of ether oxygens (including phenoxy) is 1. The minimum atomic E-state index is 0.0447. The van der Waals surface area contributed by atoms with Crippen molar-refractivity contribution in [2.45, 2.75) is 38.7 Å². The molecule has 5 fully saturated rings. The fourth-order valence-corrected chi connectivity index (χ4v) is 6.70. The number of fused-ring (bicyclic) bond motifs is 4. The van der Waals surface area contributed by atoms with Crippen LogP contribution in [0.25, 0.3) is 0 Å². The van der Waals surface area contributed by atoms with Crippen LogP contribution in [0, 0.1) is 40.9 Å². The molecule has 0 amide bonds. The lowest BCUT2D eigenvalue weighted by Crippen LogP contribution is -2.61. The van der Waals surface area contributed by atoms with Crippen molar-refractivity contribution in [3.05, 3.63) is 0 Å². The van der Waals surface area contributed by atoms with Gasteiger partial charge in [-0.05, 0) is 48.9 Å². The van der Waals surface area contributed by atoms with Gasteiger partial charge in [0.2, 0.25) is 0 Å². The standard InChI is InChI=1S/C14H18O2/c1-6-2-3-8-11(6)12-7-4-9-10(5-7)16-13(15)14(8,9)12/h6-12H,2-5H2,1H3/t6-,7-,8+,9+,10-,11-,12+,14-/m1/s1. The molecule has 2 nitrogen and oxygen atoms in total. The average molecular weight is 218 g/mol. The Morgan fingerprint density at radius 2 is 2.12 bits per heavy atom. The zero-order valence-electron chi connectivity index (χ0n) is 9.69. The first kappa shape index (κ1) is 8.54. The summed E-state index contributed by atoms with van der Waals surface area (Å²) in [4.78, 5) is 12.3. The third-order valence-electron chi connectivity index (χ3n) is 6.91. The second kappa shape index (κ2) is 2.21. The topological polar surface area (TPSA) is 26.3 Å². The number of hydrogen-bond donors (Lipinski definition) is 0. The maximum absolute atomic E-state index is 12.3. The average Bonchev–Trinajstić information content (AvgIpc) is 2.82. The second-order valence-electron chi connectivity index (χ2n) is 6.98. The molecule has 4 aliphatic carbocycles. The van der Waals surface area contributed by atoms with E-state index in [0.29, 0.717) is 17.9 Å². The van der Waals surface area contributed by atoms with Crippen LogP contribution in [0.3, 0.4) is 0 Å². The summed E-state index contributed by atoms with van der Waals surface area (Å²) in [5.74, 6) is 4.85. The van der Waals surface area contributed by atoms with Crippen molar-refractivity contribution in [3.63, 3.8) is 0 Å². The Morgan fingerprint density at radius 3 is 3.00 bits per heavy atom. The van der Waals surface area contributed by atoms with Gasteiger partial charge < -0.3 is 4.74 Å². The highest BCUT2D eigenvalue weighted by atomic mass is 16.6. The molecule has 0 aromatic rings. The van der Waals surface area contributed by atoms with Crippen molar-refractivity contribution in [2.75, 3.05) is 0 Å². The maximum atomic E-state index is 12.3. The third-order valence-corrected chi connectivity index (χ3v) is 6.91. The van der Waals surface area contributed by atoms with E-state index in [1.807, 2.05) is 0 Å². The first-order chi connectivity index (χ1) is 7.74. The molecule has 86 valence electrons. The summed E-state index contributed by atoms with van der Waals surface area (Å²) >= 11 is 0. The number of rotatable bonds is 0. The molecule has 1 heterocycles. The van der Waals surface area contributed by atoms with Gasteiger partial charge in [-0.3, -0.25) is 4.79 Å². The molecule has 2 bridgehead atoms. The summed E-state index contributed by atoms with van der Waals surface area (Å²) in [7, 11) is 0. The second-order valence-corrected chi connectivity index (χ2v) is 6.98. The number of carbonyl (C=O) groups is 1. The smallest absolute Gasteiger partial charge is 0.313 e. The summed E-state index contributed by atoms with van der Waals surface area (Å²) in [5.41, 5.74) is 0.0447. The van der Waals surface area contributed by atoms with Gasteiger partial charge in [-0.15, -0.1) is 0 Å². The normalized spacial score (nSPS) is 68.8. The van der Waals surface area contributed by atoms with Crippen molar-refractivity contribution in [2.24, 2.45) is 40.9 Å². The van der Waals surface area contributed by atoms with E-state index in [0.717, 1.165) is 23.7 Å². The van der Waals surface area contributed by atoms with E-state index in [-0.39, 0.29) is 11.4 Å².